The number of ketones is 1. The summed E-state index contributed by atoms with van der Waals surface area (Å²) in [7, 11) is 0. The van der Waals surface area contributed by atoms with E-state index in [1.807, 2.05) is 54.6 Å². The molecule has 0 spiro atoms. The van der Waals surface area contributed by atoms with Crippen LogP contribution in [0, 0.1) is 0 Å². The molecule has 2 atom stereocenters. The molecule has 0 radical (unpaired) electrons. The maximum absolute atomic E-state index is 13.5. The van der Waals surface area contributed by atoms with E-state index in [2.05, 4.69) is 22.8 Å². The Hall–Kier alpha value is -2.75. The van der Waals surface area contributed by atoms with Crippen LogP contribution in [0.25, 0.3) is 0 Å². The van der Waals surface area contributed by atoms with E-state index in [1.165, 1.54) is 5.56 Å². The van der Waals surface area contributed by atoms with E-state index in [0.29, 0.717) is 16.5 Å². The van der Waals surface area contributed by atoms with Crippen LogP contribution in [0.5, 0.6) is 0 Å². The van der Waals surface area contributed by atoms with Crippen LogP contribution in [0.3, 0.4) is 0 Å². The van der Waals surface area contributed by atoms with Crippen LogP contribution in [0.2, 0.25) is 10.0 Å². The van der Waals surface area contributed by atoms with Crippen LogP contribution in [0.15, 0.2) is 84.1 Å². The van der Waals surface area contributed by atoms with E-state index in [-0.39, 0.29) is 17.7 Å². The summed E-state index contributed by atoms with van der Waals surface area (Å²) in [6.45, 7) is 0. The second-order valence-electron chi connectivity index (χ2n) is 7.72. The highest BCUT2D eigenvalue weighted by Crippen LogP contribution is 2.46. The number of carbonyl (C=O) groups is 1. The van der Waals surface area contributed by atoms with E-state index in [0.717, 1.165) is 34.6 Å². The SMILES string of the molecule is O=C1C[C@@H](c2ccccc2)CC2=C1[C@@H](c1cccc(Cl)c1Cl)Nc1ccccc1N2. The van der Waals surface area contributed by atoms with Crippen molar-refractivity contribution in [2.75, 3.05) is 10.6 Å². The van der Waals surface area contributed by atoms with Gasteiger partial charge in [0.2, 0.25) is 0 Å². The van der Waals surface area contributed by atoms with Crippen LogP contribution in [-0.4, -0.2) is 5.78 Å². The van der Waals surface area contributed by atoms with Crippen LogP contribution < -0.4 is 10.6 Å². The van der Waals surface area contributed by atoms with Gasteiger partial charge in [-0.25, -0.2) is 0 Å². The zero-order chi connectivity index (χ0) is 20.7. The van der Waals surface area contributed by atoms with Crippen molar-refractivity contribution >= 4 is 40.4 Å². The van der Waals surface area contributed by atoms with Crippen LogP contribution >= 0.6 is 23.2 Å². The lowest BCUT2D eigenvalue weighted by Gasteiger charge is -2.30. The molecule has 0 amide bonds. The summed E-state index contributed by atoms with van der Waals surface area (Å²) in [6, 6.07) is 23.4. The van der Waals surface area contributed by atoms with E-state index < -0.39 is 0 Å². The van der Waals surface area contributed by atoms with Crippen LogP contribution in [-0.2, 0) is 4.79 Å². The molecule has 150 valence electrons. The molecule has 1 heterocycles. The van der Waals surface area contributed by atoms with Crippen LogP contribution in [0.1, 0.15) is 35.9 Å². The van der Waals surface area contributed by atoms with Gasteiger partial charge in [-0.1, -0.05) is 77.8 Å². The molecule has 2 aliphatic rings. The fraction of sp³-hybridized carbons (Fsp3) is 0.160. The first-order chi connectivity index (χ1) is 14.6. The van der Waals surface area contributed by atoms with Crippen molar-refractivity contribution in [1.29, 1.82) is 0 Å². The Morgan fingerprint density at radius 2 is 1.53 bits per heavy atom. The van der Waals surface area contributed by atoms with Gasteiger partial charge in [0, 0.05) is 17.7 Å². The number of fused-ring (bicyclic) bond motifs is 1. The average molecular weight is 435 g/mol. The molecule has 3 aromatic carbocycles. The van der Waals surface area contributed by atoms with Crippen molar-refractivity contribution in [2.24, 2.45) is 0 Å². The minimum absolute atomic E-state index is 0.124. The molecule has 3 nitrogen and oxygen atoms in total. The predicted octanol–water partition coefficient (Wildman–Crippen LogP) is 6.97. The zero-order valence-corrected chi connectivity index (χ0v) is 17.7. The maximum Gasteiger partial charge on any atom is 0.163 e. The smallest absolute Gasteiger partial charge is 0.163 e. The molecule has 0 bridgehead atoms. The van der Waals surface area contributed by atoms with E-state index in [1.54, 1.807) is 6.07 Å². The number of Topliss-reactive ketones (excluding diaryl/α,β-unsaturated/α-hetero) is 1. The lowest BCUT2D eigenvalue weighted by molar-refractivity contribution is -0.116. The van der Waals surface area contributed by atoms with Crippen molar-refractivity contribution in [2.45, 2.75) is 24.8 Å². The number of hydrogen-bond donors (Lipinski definition) is 2. The van der Waals surface area contributed by atoms with Gasteiger partial charge < -0.3 is 10.6 Å². The second-order valence-corrected chi connectivity index (χ2v) is 8.51. The van der Waals surface area contributed by atoms with Gasteiger partial charge in [0.1, 0.15) is 0 Å². The lowest BCUT2D eigenvalue weighted by atomic mass is 9.78. The molecule has 0 aromatic heterocycles. The number of nitrogens with one attached hydrogen (secondary N) is 2. The number of para-hydroxylation sites is 2. The van der Waals surface area contributed by atoms with Gasteiger partial charge in [-0.2, -0.15) is 0 Å². The predicted molar refractivity (Wildman–Crippen MR) is 123 cm³/mol. The van der Waals surface area contributed by atoms with E-state index in [9.17, 15) is 4.79 Å². The number of anilines is 2. The molecular weight excluding hydrogens is 415 g/mol. The van der Waals surface area contributed by atoms with E-state index in [4.69, 9.17) is 23.2 Å². The Kier molecular flexibility index (Phi) is 5.01. The third-order valence-electron chi connectivity index (χ3n) is 5.87. The van der Waals surface area contributed by atoms with Crippen molar-refractivity contribution in [3.05, 3.63) is 105 Å². The summed E-state index contributed by atoms with van der Waals surface area (Å²) in [6.07, 6.45) is 1.23. The van der Waals surface area contributed by atoms with Gasteiger partial charge in [-0.3, -0.25) is 4.79 Å². The molecule has 5 rings (SSSR count). The largest absolute Gasteiger partial charge is 0.372 e. The van der Waals surface area contributed by atoms with E-state index >= 15 is 0 Å². The molecule has 0 saturated carbocycles. The highest BCUT2D eigenvalue weighted by atomic mass is 35.5. The highest BCUT2D eigenvalue weighted by molar-refractivity contribution is 6.42. The summed E-state index contributed by atoms with van der Waals surface area (Å²) in [4.78, 5) is 13.5. The number of hydrogen-bond acceptors (Lipinski definition) is 3. The summed E-state index contributed by atoms with van der Waals surface area (Å²) in [5, 5.41) is 8.04. The first-order valence-electron chi connectivity index (χ1n) is 9.99. The Labute approximate surface area is 185 Å². The summed E-state index contributed by atoms with van der Waals surface area (Å²) < 4.78 is 0. The molecular formula is C25H20Cl2N2O. The molecule has 0 fully saturated rings. The average Bonchev–Trinajstić information content (AvgIpc) is 2.93. The number of carbonyl (C=O) groups excluding carboxylic acids is 1. The third kappa shape index (κ3) is 3.38. The number of rotatable bonds is 2. The minimum Gasteiger partial charge on any atom is -0.372 e. The van der Waals surface area contributed by atoms with Gasteiger partial charge in [-0.15, -0.1) is 0 Å². The van der Waals surface area contributed by atoms with Crippen LogP contribution in [0.4, 0.5) is 11.4 Å². The van der Waals surface area contributed by atoms with Crippen molar-refractivity contribution in [1.82, 2.24) is 0 Å². The summed E-state index contributed by atoms with van der Waals surface area (Å²) in [5.74, 6) is 0.268. The topological polar surface area (TPSA) is 41.1 Å². The maximum atomic E-state index is 13.5. The second kappa shape index (κ2) is 7.82. The van der Waals surface area contributed by atoms with Gasteiger partial charge in [0.25, 0.3) is 0 Å². The third-order valence-corrected chi connectivity index (χ3v) is 6.71. The highest BCUT2D eigenvalue weighted by Gasteiger charge is 2.36. The molecule has 1 aliphatic heterocycles. The molecule has 0 saturated heterocycles. The van der Waals surface area contributed by atoms with Crippen molar-refractivity contribution < 1.29 is 4.79 Å². The standard InChI is InChI=1S/C25H20Cl2N2O/c26-18-10-6-9-17(24(18)27)25-23-21(28-19-11-4-5-12-20(19)29-25)13-16(14-22(23)30)15-7-2-1-3-8-15/h1-12,16,25,28-29H,13-14H2/t16-,25+/m0/s1. The quantitative estimate of drug-likeness (QED) is 0.457. The number of allylic oxidation sites excluding steroid dienone is 1. The first-order valence-corrected chi connectivity index (χ1v) is 10.7. The van der Waals surface area contributed by atoms with Gasteiger partial charge in [0.15, 0.2) is 5.78 Å². The fourth-order valence-electron chi connectivity index (χ4n) is 4.43. The van der Waals surface area contributed by atoms with Gasteiger partial charge in [-0.05, 0) is 41.7 Å². The number of benzene rings is 3. The molecule has 1 aliphatic carbocycles. The first kappa shape index (κ1) is 19.2. The Bertz CT molecular complexity index is 1160. The Balaban J connectivity index is 1.65. The molecule has 2 N–H and O–H groups in total. The minimum atomic E-state index is -0.369. The zero-order valence-electron chi connectivity index (χ0n) is 16.2. The van der Waals surface area contributed by atoms with Crippen molar-refractivity contribution in [3.8, 4) is 0 Å². The lowest BCUT2D eigenvalue weighted by Crippen LogP contribution is -2.27. The van der Waals surface area contributed by atoms with Gasteiger partial charge in [0.05, 0.1) is 27.5 Å². The molecule has 3 aromatic rings. The molecule has 5 heteroatoms. The summed E-state index contributed by atoms with van der Waals surface area (Å²) in [5.41, 5.74) is 5.55. The normalized spacial score (nSPS) is 20.5. The monoisotopic (exact) mass is 434 g/mol. The summed E-state index contributed by atoms with van der Waals surface area (Å²) >= 11 is 12.9. The van der Waals surface area contributed by atoms with Crippen molar-refractivity contribution in [3.63, 3.8) is 0 Å². The number of halogens is 2. The van der Waals surface area contributed by atoms with Gasteiger partial charge >= 0.3 is 0 Å². The fourth-order valence-corrected chi connectivity index (χ4v) is 4.85. The molecule has 0 unspecified atom stereocenters. The Morgan fingerprint density at radius 3 is 2.33 bits per heavy atom. The molecule has 30 heavy (non-hydrogen) atoms. The Morgan fingerprint density at radius 1 is 0.800 bits per heavy atom.